The number of benzene rings is 1. The summed E-state index contributed by atoms with van der Waals surface area (Å²) >= 11 is 11.8. The van der Waals surface area contributed by atoms with Gasteiger partial charge >= 0.3 is 11.8 Å². The van der Waals surface area contributed by atoms with E-state index in [1.54, 1.807) is 5.32 Å². The molecular weight excluding hydrogens is 361 g/mol. The summed E-state index contributed by atoms with van der Waals surface area (Å²) in [6.45, 7) is 0. The third-order valence-electron chi connectivity index (χ3n) is 2.67. The summed E-state index contributed by atoms with van der Waals surface area (Å²) in [6.07, 6.45) is -3.65. The van der Waals surface area contributed by atoms with E-state index in [9.17, 15) is 23.7 Å². The fourth-order valence-electron chi connectivity index (χ4n) is 1.77. The molecular formula is C11H6Cl2F2N4O4. The predicted molar refractivity (Wildman–Crippen MR) is 76.8 cm³/mol. The molecule has 2 rings (SSSR count). The van der Waals surface area contributed by atoms with Crippen LogP contribution in [0.15, 0.2) is 18.3 Å². The van der Waals surface area contributed by atoms with Crippen molar-refractivity contribution in [2.75, 3.05) is 5.32 Å². The van der Waals surface area contributed by atoms with E-state index in [4.69, 9.17) is 28.3 Å². The molecule has 122 valence electrons. The van der Waals surface area contributed by atoms with E-state index in [0.717, 1.165) is 23.0 Å². The van der Waals surface area contributed by atoms with E-state index in [0.29, 0.717) is 0 Å². The Bertz CT molecular complexity index is 773. The number of nitrogens with one attached hydrogen (secondary N) is 1. The molecule has 0 radical (unpaired) electrons. The largest absolute Gasteiger partial charge is 0.465 e. The molecule has 8 nitrogen and oxygen atoms in total. The number of carboxylic acid groups (broad SMARTS) is 1. The van der Waals surface area contributed by atoms with Crippen molar-refractivity contribution >= 4 is 40.8 Å². The normalized spacial score (nSPS) is 10.8. The molecule has 0 saturated heterocycles. The van der Waals surface area contributed by atoms with Crippen LogP contribution >= 0.6 is 23.2 Å². The molecule has 0 aliphatic heterocycles. The minimum absolute atomic E-state index is 0.172. The van der Waals surface area contributed by atoms with Gasteiger partial charge in [0, 0.05) is 5.56 Å². The topological polar surface area (TPSA) is 110 Å². The van der Waals surface area contributed by atoms with Crippen LogP contribution in [-0.2, 0) is 0 Å². The Morgan fingerprint density at radius 2 is 1.96 bits per heavy atom. The maximum Gasteiger partial charge on any atom is 0.410 e. The third kappa shape index (κ3) is 3.32. The van der Waals surface area contributed by atoms with Crippen LogP contribution in [0.25, 0.3) is 5.69 Å². The van der Waals surface area contributed by atoms with Crippen molar-refractivity contribution in [1.29, 1.82) is 0 Å². The zero-order chi connectivity index (χ0) is 17.3. The first-order valence-electron chi connectivity index (χ1n) is 5.72. The summed E-state index contributed by atoms with van der Waals surface area (Å²) in [5.41, 5.74) is -1.29. The van der Waals surface area contributed by atoms with Crippen LogP contribution in [0, 0.1) is 10.1 Å². The average molecular weight is 367 g/mol. The van der Waals surface area contributed by atoms with Gasteiger partial charge in [0.2, 0.25) is 5.82 Å². The minimum Gasteiger partial charge on any atom is -0.465 e. The van der Waals surface area contributed by atoms with Crippen molar-refractivity contribution in [3.05, 3.63) is 44.1 Å². The van der Waals surface area contributed by atoms with Crippen molar-refractivity contribution < 1.29 is 23.6 Å². The van der Waals surface area contributed by atoms with Gasteiger partial charge in [0.1, 0.15) is 11.9 Å². The van der Waals surface area contributed by atoms with E-state index in [2.05, 4.69) is 5.10 Å². The summed E-state index contributed by atoms with van der Waals surface area (Å²) < 4.78 is 26.2. The van der Waals surface area contributed by atoms with E-state index >= 15 is 0 Å². The number of aromatic nitrogens is 2. The van der Waals surface area contributed by atoms with Gasteiger partial charge in [-0.2, -0.15) is 5.10 Å². The lowest BCUT2D eigenvalue weighted by Gasteiger charge is -2.12. The Morgan fingerprint density at radius 3 is 2.39 bits per heavy atom. The summed E-state index contributed by atoms with van der Waals surface area (Å²) in [5.74, 6) is -0.531. The highest BCUT2D eigenvalue weighted by molar-refractivity contribution is 6.38. The molecule has 0 aliphatic rings. The zero-order valence-electron chi connectivity index (χ0n) is 10.8. The van der Waals surface area contributed by atoms with Crippen LogP contribution < -0.4 is 5.32 Å². The van der Waals surface area contributed by atoms with Crippen LogP contribution in [0.4, 0.5) is 25.1 Å². The van der Waals surface area contributed by atoms with E-state index < -0.39 is 34.5 Å². The highest BCUT2D eigenvalue weighted by atomic mass is 35.5. The lowest BCUT2D eigenvalue weighted by Crippen LogP contribution is -2.13. The molecule has 2 aromatic rings. The van der Waals surface area contributed by atoms with E-state index in [-0.39, 0.29) is 15.7 Å². The summed E-state index contributed by atoms with van der Waals surface area (Å²) in [5, 5.41) is 24.6. The lowest BCUT2D eigenvalue weighted by atomic mass is 10.2. The molecule has 2 N–H and O–H groups in total. The number of anilines is 1. The van der Waals surface area contributed by atoms with Crippen molar-refractivity contribution in [2.24, 2.45) is 0 Å². The van der Waals surface area contributed by atoms with Gasteiger partial charge < -0.3 is 5.11 Å². The highest BCUT2D eigenvalue weighted by Crippen LogP contribution is 2.37. The van der Waals surface area contributed by atoms with Crippen molar-refractivity contribution in [1.82, 2.24) is 9.78 Å². The number of nitrogens with zero attached hydrogens (tertiary/aromatic N) is 3. The van der Waals surface area contributed by atoms with Gasteiger partial charge in [-0.15, -0.1) is 0 Å². The fourth-order valence-corrected chi connectivity index (χ4v) is 2.44. The minimum atomic E-state index is -2.83. The number of hydrogen-bond donors (Lipinski definition) is 2. The standard InChI is InChI=1S/C11H6Cl2F2N4O4/c12-5-1-4(9(14)15)2-6(13)8(5)18-10(17-11(20)21)7(3-16-18)19(22)23/h1-3,9,17H,(H,20,21). The lowest BCUT2D eigenvalue weighted by molar-refractivity contribution is -0.384. The molecule has 23 heavy (non-hydrogen) atoms. The van der Waals surface area contributed by atoms with E-state index in [1.165, 1.54) is 0 Å². The second kappa shape index (κ2) is 6.34. The number of carbonyl (C=O) groups is 1. The maximum absolute atomic E-state index is 12.7. The van der Waals surface area contributed by atoms with Crippen molar-refractivity contribution in [3.8, 4) is 5.69 Å². The molecule has 0 unspecified atom stereocenters. The summed E-state index contributed by atoms with van der Waals surface area (Å²) in [6, 6.07) is 1.82. The number of rotatable bonds is 4. The van der Waals surface area contributed by atoms with Crippen molar-refractivity contribution in [2.45, 2.75) is 6.43 Å². The van der Waals surface area contributed by atoms with Gasteiger partial charge in [-0.1, -0.05) is 23.2 Å². The van der Waals surface area contributed by atoms with Crippen LogP contribution in [0.1, 0.15) is 12.0 Å². The van der Waals surface area contributed by atoms with Gasteiger partial charge in [-0.3, -0.25) is 15.4 Å². The number of nitro groups is 1. The van der Waals surface area contributed by atoms with Crippen molar-refractivity contribution in [3.63, 3.8) is 0 Å². The number of halogens is 4. The van der Waals surface area contributed by atoms with E-state index in [1.807, 2.05) is 0 Å². The van der Waals surface area contributed by atoms with Gasteiger partial charge in [0.25, 0.3) is 6.43 Å². The van der Waals surface area contributed by atoms with Crippen LogP contribution in [0.3, 0.4) is 0 Å². The first-order valence-corrected chi connectivity index (χ1v) is 6.47. The summed E-state index contributed by atoms with van der Waals surface area (Å²) in [7, 11) is 0. The molecule has 0 bridgehead atoms. The monoisotopic (exact) mass is 366 g/mol. The Labute approximate surface area is 136 Å². The fraction of sp³-hybridized carbons (Fsp3) is 0.0909. The number of alkyl halides is 2. The molecule has 1 aromatic carbocycles. The summed E-state index contributed by atoms with van der Waals surface area (Å²) in [4.78, 5) is 20.8. The Kier molecular flexibility index (Phi) is 4.66. The first kappa shape index (κ1) is 16.9. The van der Waals surface area contributed by atoms with Gasteiger partial charge in [-0.25, -0.2) is 18.3 Å². The van der Waals surface area contributed by atoms with Gasteiger partial charge in [0.15, 0.2) is 0 Å². The molecule has 0 atom stereocenters. The smallest absolute Gasteiger partial charge is 0.410 e. The quantitative estimate of drug-likeness (QED) is 0.624. The number of hydrogen-bond acceptors (Lipinski definition) is 4. The Balaban J connectivity index is 2.67. The molecule has 0 spiro atoms. The van der Waals surface area contributed by atoms with Crippen LogP contribution in [0.2, 0.25) is 10.0 Å². The SMILES string of the molecule is O=C(O)Nc1c([N+](=O)[O-])cnn1-c1c(Cl)cc(C(F)F)cc1Cl. The third-order valence-corrected chi connectivity index (χ3v) is 3.25. The molecule has 0 aliphatic carbocycles. The molecule has 1 amide bonds. The molecule has 1 heterocycles. The average Bonchev–Trinajstić information content (AvgIpc) is 2.80. The van der Waals surface area contributed by atoms with Gasteiger partial charge in [0.05, 0.1) is 15.0 Å². The first-order chi connectivity index (χ1) is 10.7. The Morgan fingerprint density at radius 1 is 1.39 bits per heavy atom. The van der Waals surface area contributed by atoms with Gasteiger partial charge in [-0.05, 0) is 12.1 Å². The second-order valence-electron chi connectivity index (χ2n) is 4.11. The Hall–Kier alpha value is -2.46. The van der Waals surface area contributed by atoms with Crippen LogP contribution in [-0.4, -0.2) is 25.9 Å². The maximum atomic E-state index is 12.7. The molecule has 0 fully saturated rings. The molecule has 12 heteroatoms. The molecule has 1 aromatic heterocycles. The second-order valence-corrected chi connectivity index (χ2v) is 4.93. The highest BCUT2D eigenvalue weighted by Gasteiger charge is 2.26. The number of amides is 1. The predicted octanol–water partition coefficient (Wildman–Crippen LogP) is 4.11. The zero-order valence-corrected chi connectivity index (χ0v) is 12.3. The van der Waals surface area contributed by atoms with Crippen LogP contribution in [0.5, 0.6) is 0 Å². The molecule has 0 saturated carbocycles.